The number of rotatable bonds is 3. The van der Waals surface area contributed by atoms with Gasteiger partial charge in [-0.2, -0.15) is 8.78 Å². The molecule has 1 saturated heterocycles. The van der Waals surface area contributed by atoms with Gasteiger partial charge in [-0.15, -0.1) is 0 Å². The number of amides is 2. The lowest BCUT2D eigenvalue weighted by Gasteiger charge is -2.40. The highest BCUT2D eigenvalue weighted by atomic mass is 19.3. The molecule has 8 heteroatoms. The first-order valence-corrected chi connectivity index (χ1v) is 6.62. The third-order valence-corrected chi connectivity index (χ3v) is 3.54. The van der Waals surface area contributed by atoms with Crippen LogP contribution in [0.4, 0.5) is 13.6 Å². The van der Waals surface area contributed by atoms with Gasteiger partial charge in [0.2, 0.25) is 5.88 Å². The standard InChI is InChI=1S/C13H18F2N4O2/c1-7-9(3-4-10(18-7)21-12(14)15)11-8(2)17-5-6-19(11)13(16)20/h3-4,8,11-12,17H,5-6H2,1-2H3,(H2,16,20). The van der Waals surface area contributed by atoms with E-state index in [0.29, 0.717) is 18.8 Å². The van der Waals surface area contributed by atoms with Crippen LogP contribution in [0.2, 0.25) is 0 Å². The van der Waals surface area contributed by atoms with Gasteiger partial charge in [0.15, 0.2) is 0 Å². The van der Waals surface area contributed by atoms with Gasteiger partial charge >= 0.3 is 12.6 Å². The molecular weight excluding hydrogens is 282 g/mol. The molecule has 3 N–H and O–H groups in total. The van der Waals surface area contributed by atoms with E-state index >= 15 is 0 Å². The van der Waals surface area contributed by atoms with Gasteiger partial charge in [-0.25, -0.2) is 9.78 Å². The van der Waals surface area contributed by atoms with Crippen LogP contribution in [0.3, 0.4) is 0 Å². The molecule has 0 radical (unpaired) electrons. The molecule has 1 aromatic rings. The van der Waals surface area contributed by atoms with Gasteiger partial charge in [0.25, 0.3) is 0 Å². The van der Waals surface area contributed by atoms with Gasteiger partial charge in [-0.3, -0.25) is 0 Å². The van der Waals surface area contributed by atoms with Gasteiger partial charge in [0.1, 0.15) is 0 Å². The highest BCUT2D eigenvalue weighted by Crippen LogP contribution is 2.29. The number of pyridine rings is 1. The van der Waals surface area contributed by atoms with Crippen LogP contribution in [0.25, 0.3) is 0 Å². The molecule has 0 saturated carbocycles. The Bertz CT molecular complexity index is 527. The van der Waals surface area contributed by atoms with Crippen molar-refractivity contribution in [2.24, 2.45) is 5.73 Å². The van der Waals surface area contributed by atoms with Gasteiger partial charge < -0.3 is 20.7 Å². The van der Waals surface area contributed by atoms with Crippen molar-refractivity contribution in [1.29, 1.82) is 0 Å². The fourth-order valence-corrected chi connectivity index (χ4v) is 2.64. The van der Waals surface area contributed by atoms with Crippen molar-refractivity contribution in [2.45, 2.75) is 32.5 Å². The van der Waals surface area contributed by atoms with Crippen molar-refractivity contribution in [3.05, 3.63) is 23.4 Å². The van der Waals surface area contributed by atoms with Crippen LogP contribution in [0.15, 0.2) is 12.1 Å². The first-order chi connectivity index (χ1) is 9.90. The molecule has 6 nitrogen and oxygen atoms in total. The number of halogens is 2. The summed E-state index contributed by atoms with van der Waals surface area (Å²) in [6.45, 7) is 1.84. The second-order valence-corrected chi connectivity index (χ2v) is 4.92. The number of hydrogen-bond acceptors (Lipinski definition) is 4. The van der Waals surface area contributed by atoms with Crippen molar-refractivity contribution in [3.63, 3.8) is 0 Å². The molecule has 2 atom stereocenters. The topological polar surface area (TPSA) is 80.5 Å². The molecule has 2 unspecified atom stereocenters. The number of primary amides is 1. The Morgan fingerprint density at radius 3 is 2.86 bits per heavy atom. The van der Waals surface area contributed by atoms with Gasteiger partial charge in [0, 0.05) is 30.9 Å². The maximum absolute atomic E-state index is 12.2. The number of aromatic nitrogens is 1. The molecule has 0 spiro atoms. The molecule has 0 aliphatic carbocycles. The third kappa shape index (κ3) is 3.38. The average Bonchev–Trinajstić information content (AvgIpc) is 2.38. The smallest absolute Gasteiger partial charge is 0.388 e. The Morgan fingerprint density at radius 1 is 1.57 bits per heavy atom. The summed E-state index contributed by atoms with van der Waals surface area (Å²) >= 11 is 0. The number of hydrogen-bond donors (Lipinski definition) is 2. The summed E-state index contributed by atoms with van der Waals surface area (Å²) in [7, 11) is 0. The quantitative estimate of drug-likeness (QED) is 0.884. The van der Waals surface area contributed by atoms with E-state index < -0.39 is 12.6 Å². The fourth-order valence-electron chi connectivity index (χ4n) is 2.64. The molecular formula is C13H18F2N4O2. The number of aryl methyl sites for hydroxylation is 1. The normalized spacial score (nSPS) is 22.4. The van der Waals surface area contributed by atoms with Crippen LogP contribution in [-0.2, 0) is 0 Å². The van der Waals surface area contributed by atoms with Crippen LogP contribution in [0, 0.1) is 6.92 Å². The molecule has 2 heterocycles. The zero-order valence-electron chi connectivity index (χ0n) is 11.8. The van der Waals surface area contributed by atoms with Crippen molar-refractivity contribution >= 4 is 6.03 Å². The van der Waals surface area contributed by atoms with Gasteiger partial charge in [-0.1, -0.05) is 0 Å². The predicted octanol–water partition coefficient (Wildman–Crippen LogP) is 1.40. The molecule has 116 valence electrons. The molecule has 2 rings (SSSR count). The van der Waals surface area contributed by atoms with Crippen molar-refractivity contribution in [3.8, 4) is 5.88 Å². The van der Waals surface area contributed by atoms with E-state index in [1.54, 1.807) is 17.9 Å². The summed E-state index contributed by atoms with van der Waals surface area (Å²) in [6.07, 6.45) is 0. The Hall–Kier alpha value is -1.96. The maximum atomic E-state index is 12.2. The van der Waals surface area contributed by atoms with Crippen molar-refractivity contribution in [1.82, 2.24) is 15.2 Å². The van der Waals surface area contributed by atoms with Gasteiger partial charge in [0.05, 0.1) is 6.04 Å². The van der Waals surface area contributed by atoms with Crippen LogP contribution >= 0.6 is 0 Å². The zero-order valence-corrected chi connectivity index (χ0v) is 11.8. The van der Waals surface area contributed by atoms with E-state index in [1.807, 2.05) is 6.92 Å². The lowest BCUT2D eigenvalue weighted by atomic mass is 9.95. The Morgan fingerprint density at radius 2 is 2.29 bits per heavy atom. The Balaban J connectivity index is 2.32. The van der Waals surface area contributed by atoms with E-state index in [-0.39, 0.29) is 18.0 Å². The summed E-state index contributed by atoms with van der Waals surface area (Å²) in [5.74, 6) is -0.145. The molecule has 2 amide bonds. The summed E-state index contributed by atoms with van der Waals surface area (Å²) in [5.41, 5.74) is 6.71. The maximum Gasteiger partial charge on any atom is 0.388 e. The second kappa shape index (κ2) is 6.21. The highest BCUT2D eigenvalue weighted by Gasteiger charge is 2.33. The molecule has 0 bridgehead atoms. The van der Waals surface area contributed by atoms with Crippen LogP contribution < -0.4 is 15.8 Å². The number of nitrogens with one attached hydrogen (secondary N) is 1. The number of alkyl halides is 2. The molecule has 1 aliphatic rings. The molecule has 21 heavy (non-hydrogen) atoms. The molecule has 1 aliphatic heterocycles. The summed E-state index contributed by atoms with van der Waals surface area (Å²) < 4.78 is 28.7. The van der Waals surface area contributed by atoms with Crippen LogP contribution in [-0.4, -0.2) is 41.7 Å². The highest BCUT2D eigenvalue weighted by molar-refractivity contribution is 5.73. The number of carbonyl (C=O) groups excluding carboxylic acids is 1. The van der Waals surface area contributed by atoms with E-state index in [0.717, 1.165) is 5.56 Å². The lowest BCUT2D eigenvalue weighted by molar-refractivity contribution is -0.0529. The van der Waals surface area contributed by atoms with E-state index in [4.69, 9.17) is 5.73 Å². The summed E-state index contributed by atoms with van der Waals surface area (Å²) in [6, 6.07) is 2.19. The SMILES string of the molecule is Cc1nc(OC(F)F)ccc1C1C(C)NCCN1C(N)=O. The second-order valence-electron chi connectivity index (χ2n) is 4.92. The number of nitrogens with two attached hydrogens (primary N) is 1. The average molecular weight is 300 g/mol. The first kappa shape index (κ1) is 15.4. The monoisotopic (exact) mass is 300 g/mol. The summed E-state index contributed by atoms with van der Waals surface area (Å²) in [5, 5.41) is 3.26. The third-order valence-electron chi connectivity index (χ3n) is 3.54. The van der Waals surface area contributed by atoms with Crippen LogP contribution in [0.1, 0.15) is 24.2 Å². The molecule has 1 fully saturated rings. The fraction of sp³-hybridized carbons (Fsp3) is 0.538. The van der Waals surface area contributed by atoms with E-state index in [9.17, 15) is 13.6 Å². The minimum Gasteiger partial charge on any atom is -0.417 e. The minimum atomic E-state index is -2.92. The Labute approximate surface area is 121 Å². The molecule has 1 aromatic heterocycles. The number of piperazine rings is 1. The van der Waals surface area contributed by atoms with E-state index in [1.165, 1.54) is 6.07 Å². The molecule has 0 aromatic carbocycles. The first-order valence-electron chi connectivity index (χ1n) is 6.62. The summed E-state index contributed by atoms with van der Waals surface area (Å²) in [4.78, 5) is 17.1. The number of urea groups is 1. The lowest BCUT2D eigenvalue weighted by Crippen LogP contribution is -2.55. The minimum absolute atomic E-state index is 0.0198. The largest absolute Gasteiger partial charge is 0.417 e. The Kier molecular flexibility index (Phi) is 4.56. The zero-order chi connectivity index (χ0) is 15.6. The van der Waals surface area contributed by atoms with E-state index in [2.05, 4.69) is 15.0 Å². The number of ether oxygens (including phenoxy) is 1. The number of nitrogens with zero attached hydrogens (tertiary/aromatic N) is 2. The number of carbonyl (C=O) groups is 1. The predicted molar refractivity (Wildman–Crippen MR) is 72.1 cm³/mol. The van der Waals surface area contributed by atoms with Crippen LogP contribution in [0.5, 0.6) is 5.88 Å². The van der Waals surface area contributed by atoms with Crippen molar-refractivity contribution < 1.29 is 18.3 Å². The van der Waals surface area contributed by atoms with Crippen molar-refractivity contribution in [2.75, 3.05) is 13.1 Å². The van der Waals surface area contributed by atoms with Gasteiger partial charge in [-0.05, 0) is 25.5 Å².